The second-order valence-electron chi connectivity index (χ2n) is 6.08. The summed E-state index contributed by atoms with van der Waals surface area (Å²) in [6.45, 7) is 2.35. The number of benzene rings is 1. The zero-order chi connectivity index (χ0) is 17.9. The number of nitrogens with zero attached hydrogens (tertiary/aromatic N) is 1. The summed E-state index contributed by atoms with van der Waals surface area (Å²) in [5.74, 6) is 0.408. The lowest BCUT2D eigenvalue weighted by Crippen LogP contribution is -2.30. The maximum absolute atomic E-state index is 12.7. The van der Waals surface area contributed by atoms with Crippen molar-refractivity contribution in [2.24, 2.45) is 5.92 Å². The van der Waals surface area contributed by atoms with E-state index in [0.717, 1.165) is 37.4 Å². The number of likely N-dealkylation sites (tertiary alicyclic amines) is 1. The topological polar surface area (TPSA) is 78.5 Å². The first-order valence-electron chi connectivity index (χ1n) is 8.10. The molecule has 2 heterocycles. The van der Waals surface area contributed by atoms with Gasteiger partial charge in [0.05, 0.1) is 0 Å². The van der Waals surface area contributed by atoms with E-state index in [1.807, 2.05) is 11.9 Å². The van der Waals surface area contributed by atoms with Gasteiger partial charge in [-0.25, -0.2) is 8.42 Å². The largest absolute Gasteiger partial charge is 0.338 e. The molecule has 9 heteroatoms. The van der Waals surface area contributed by atoms with Crippen molar-refractivity contribution in [2.45, 2.75) is 10.6 Å². The number of rotatable bonds is 6. The van der Waals surface area contributed by atoms with E-state index in [-0.39, 0.29) is 22.5 Å². The highest BCUT2D eigenvalue weighted by Crippen LogP contribution is 2.23. The first-order chi connectivity index (χ1) is 12.0. The Balaban J connectivity index is 0.00000243. The smallest absolute Gasteiger partial charge is 0.271 e. The number of sulfonamides is 1. The number of hydrogen-bond acceptors (Lipinski definition) is 5. The number of amides is 1. The van der Waals surface area contributed by atoms with Crippen molar-refractivity contribution < 1.29 is 13.2 Å². The normalized spacial score (nSPS) is 17.0. The first kappa shape index (κ1) is 20.7. The van der Waals surface area contributed by atoms with Crippen molar-refractivity contribution in [3.8, 4) is 0 Å². The molecule has 2 aromatic rings. The first-order valence-corrected chi connectivity index (χ1v) is 10.5. The van der Waals surface area contributed by atoms with Gasteiger partial charge < -0.3 is 10.2 Å². The van der Waals surface area contributed by atoms with Crippen LogP contribution in [0.4, 0.5) is 5.69 Å². The predicted octanol–water partition coefficient (Wildman–Crippen LogP) is 2.65. The molecule has 1 aromatic heterocycles. The molecule has 0 spiro atoms. The molecule has 6 nitrogen and oxygen atoms in total. The molecule has 3 rings (SSSR count). The molecule has 1 unspecified atom stereocenters. The van der Waals surface area contributed by atoms with Crippen molar-refractivity contribution in [3.63, 3.8) is 0 Å². The lowest BCUT2D eigenvalue weighted by atomic mass is 10.1. The zero-order valence-corrected chi connectivity index (χ0v) is 16.8. The van der Waals surface area contributed by atoms with Gasteiger partial charge in [-0.05, 0) is 55.6 Å². The maximum atomic E-state index is 12.7. The highest BCUT2D eigenvalue weighted by atomic mass is 35.5. The van der Waals surface area contributed by atoms with Crippen molar-refractivity contribution >= 4 is 45.4 Å². The lowest BCUT2D eigenvalue weighted by Gasteiger charge is -2.17. The van der Waals surface area contributed by atoms with Gasteiger partial charge in [0.15, 0.2) is 0 Å². The molecule has 0 bridgehead atoms. The molecular formula is C17H22ClN3O3S2. The highest BCUT2D eigenvalue weighted by Gasteiger charge is 2.26. The minimum atomic E-state index is -3.61. The summed E-state index contributed by atoms with van der Waals surface area (Å²) in [6.07, 6.45) is 0.983. The number of nitrogens with one attached hydrogen (secondary N) is 2. The molecule has 1 aliphatic heterocycles. The van der Waals surface area contributed by atoms with Gasteiger partial charge in [-0.2, -0.15) is 0 Å². The van der Waals surface area contributed by atoms with Gasteiger partial charge in [-0.3, -0.25) is 9.52 Å². The lowest BCUT2D eigenvalue weighted by molar-refractivity contribution is 0.0787. The Hall–Kier alpha value is -1.61. The van der Waals surface area contributed by atoms with E-state index in [1.54, 1.807) is 41.8 Å². The molecule has 0 radical (unpaired) electrons. The molecule has 0 aliphatic carbocycles. The van der Waals surface area contributed by atoms with E-state index in [9.17, 15) is 13.2 Å². The van der Waals surface area contributed by atoms with E-state index in [4.69, 9.17) is 0 Å². The minimum absolute atomic E-state index is 0. The van der Waals surface area contributed by atoms with Crippen LogP contribution in [0.1, 0.15) is 16.8 Å². The van der Waals surface area contributed by atoms with Crippen LogP contribution in [0.15, 0.2) is 46.0 Å². The van der Waals surface area contributed by atoms with Crippen LogP contribution in [-0.2, 0) is 10.0 Å². The number of halogens is 1. The van der Waals surface area contributed by atoms with Gasteiger partial charge in [-0.1, -0.05) is 12.1 Å². The number of thiophene rings is 1. The van der Waals surface area contributed by atoms with Crippen LogP contribution in [0.2, 0.25) is 0 Å². The van der Waals surface area contributed by atoms with Crippen LogP contribution in [0.3, 0.4) is 0 Å². The summed E-state index contributed by atoms with van der Waals surface area (Å²) < 4.78 is 27.4. The average Bonchev–Trinajstić information content (AvgIpc) is 3.26. The summed E-state index contributed by atoms with van der Waals surface area (Å²) in [5, 5.41) is 4.86. The Morgan fingerprint density at radius 1 is 1.31 bits per heavy atom. The molecule has 0 saturated carbocycles. The molecular weight excluding hydrogens is 394 g/mol. The number of carbonyl (C=O) groups excluding carboxylic acids is 1. The standard InChI is InChI=1S/C17H21N3O3S2.ClH/c1-18-11-13-7-8-20(12-13)17(21)14-4-2-5-15(10-14)19-25(22,23)16-6-3-9-24-16;/h2-6,9-10,13,18-19H,7-8,11-12H2,1H3;1H. The van der Waals surface area contributed by atoms with Gasteiger partial charge in [0.25, 0.3) is 15.9 Å². The summed E-state index contributed by atoms with van der Waals surface area (Å²) in [7, 11) is -1.70. The zero-order valence-electron chi connectivity index (χ0n) is 14.3. The Bertz CT molecular complexity index is 841. The number of carbonyl (C=O) groups is 1. The van der Waals surface area contributed by atoms with Crippen molar-refractivity contribution in [1.82, 2.24) is 10.2 Å². The Labute approximate surface area is 164 Å². The van der Waals surface area contributed by atoms with Gasteiger partial charge in [0.1, 0.15) is 4.21 Å². The predicted molar refractivity (Wildman–Crippen MR) is 107 cm³/mol. The highest BCUT2D eigenvalue weighted by molar-refractivity contribution is 7.94. The Morgan fingerprint density at radius 2 is 2.12 bits per heavy atom. The van der Waals surface area contributed by atoms with Crippen LogP contribution in [0.25, 0.3) is 0 Å². The van der Waals surface area contributed by atoms with Gasteiger partial charge in [-0.15, -0.1) is 23.7 Å². The van der Waals surface area contributed by atoms with E-state index in [0.29, 0.717) is 17.2 Å². The SMILES string of the molecule is CNCC1CCN(C(=O)c2cccc(NS(=O)(=O)c3cccs3)c2)C1.Cl. The summed E-state index contributed by atoms with van der Waals surface area (Å²) >= 11 is 1.15. The van der Waals surface area contributed by atoms with Gasteiger partial charge >= 0.3 is 0 Å². The fourth-order valence-corrected chi connectivity index (χ4v) is 5.03. The number of hydrogen-bond donors (Lipinski definition) is 2. The van der Waals surface area contributed by atoms with E-state index < -0.39 is 10.0 Å². The summed E-state index contributed by atoms with van der Waals surface area (Å²) in [6, 6.07) is 9.90. The third-order valence-electron chi connectivity index (χ3n) is 4.19. The second-order valence-corrected chi connectivity index (χ2v) is 8.94. The molecule has 1 atom stereocenters. The second kappa shape index (κ2) is 8.85. The van der Waals surface area contributed by atoms with Gasteiger partial charge in [0, 0.05) is 24.3 Å². The Kier molecular flexibility index (Phi) is 7.05. The van der Waals surface area contributed by atoms with E-state index in [1.165, 1.54) is 0 Å². The monoisotopic (exact) mass is 415 g/mol. The summed E-state index contributed by atoms with van der Waals surface area (Å²) in [5.41, 5.74) is 0.890. The van der Waals surface area contributed by atoms with Crippen LogP contribution in [0.5, 0.6) is 0 Å². The van der Waals surface area contributed by atoms with Crippen molar-refractivity contribution in [1.29, 1.82) is 0 Å². The molecule has 1 saturated heterocycles. The Morgan fingerprint density at radius 3 is 2.81 bits per heavy atom. The fraction of sp³-hybridized carbons (Fsp3) is 0.353. The van der Waals surface area contributed by atoms with Crippen LogP contribution >= 0.6 is 23.7 Å². The van der Waals surface area contributed by atoms with E-state index in [2.05, 4.69) is 10.0 Å². The van der Waals surface area contributed by atoms with Crippen molar-refractivity contribution in [3.05, 3.63) is 47.3 Å². The summed E-state index contributed by atoms with van der Waals surface area (Å²) in [4.78, 5) is 14.5. The molecule has 1 aromatic carbocycles. The quantitative estimate of drug-likeness (QED) is 0.760. The average molecular weight is 416 g/mol. The fourth-order valence-electron chi connectivity index (χ4n) is 2.99. The van der Waals surface area contributed by atoms with Crippen LogP contribution < -0.4 is 10.0 Å². The molecule has 26 heavy (non-hydrogen) atoms. The maximum Gasteiger partial charge on any atom is 0.271 e. The van der Waals surface area contributed by atoms with Crippen LogP contribution in [-0.4, -0.2) is 45.9 Å². The molecule has 1 amide bonds. The third kappa shape index (κ3) is 4.76. The molecule has 1 aliphatic rings. The minimum Gasteiger partial charge on any atom is -0.338 e. The number of anilines is 1. The third-order valence-corrected chi connectivity index (χ3v) is 6.97. The molecule has 142 valence electrons. The van der Waals surface area contributed by atoms with Gasteiger partial charge in [0.2, 0.25) is 0 Å². The molecule has 1 fully saturated rings. The van der Waals surface area contributed by atoms with Crippen molar-refractivity contribution in [2.75, 3.05) is 31.4 Å². The molecule has 2 N–H and O–H groups in total. The van der Waals surface area contributed by atoms with Crippen LogP contribution in [0, 0.1) is 5.92 Å². The van der Waals surface area contributed by atoms with E-state index >= 15 is 0 Å².